The van der Waals surface area contributed by atoms with Crippen molar-refractivity contribution in [2.45, 2.75) is 13.5 Å². The number of hydrogen-bond donors (Lipinski definition) is 2. The van der Waals surface area contributed by atoms with Crippen LogP contribution < -0.4 is 11.5 Å². The van der Waals surface area contributed by atoms with Gasteiger partial charge < -0.3 is 21.3 Å². The molecule has 0 radical (unpaired) electrons. The number of aromatic nitrogens is 3. The SMILES string of the molecule is Cc1nc(CN)nc(-c2ccc(C(=O)N3CCN(C)CC3)cc2)c1C#Cc1ccc(N)nc1. The topological polar surface area (TPSA) is 114 Å². The molecule has 0 spiro atoms. The number of aryl methyl sites for hydroxylation is 1. The van der Waals surface area contributed by atoms with Gasteiger partial charge in [0.2, 0.25) is 0 Å². The lowest BCUT2D eigenvalue weighted by atomic mass is 10.0. The smallest absolute Gasteiger partial charge is 0.253 e. The molecule has 1 aliphatic rings. The minimum absolute atomic E-state index is 0.0482. The van der Waals surface area contributed by atoms with Gasteiger partial charge in [0.15, 0.2) is 0 Å². The maximum Gasteiger partial charge on any atom is 0.253 e. The Hall–Kier alpha value is -3.80. The molecule has 1 saturated heterocycles. The largest absolute Gasteiger partial charge is 0.384 e. The summed E-state index contributed by atoms with van der Waals surface area (Å²) in [5.41, 5.74) is 15.9. The Morgan fingerprint density at radius 2 is 1.76 bits per heavy atom. The second-order valence-corrected chi connectivity index (χ2v) is 8.05. The summed E-state index contributed by atoms with van der Waals surface area (Å²) < 4.78 is 0. The summed E-state index contributed by atoms with van der Waals surface area (Å²) in [6.45, 7) is 5.36. The molecule has 1 aliphatic heterocycles. The molecule has 168 valence electrons. The van der Waals surface area contributed by atoms with Crippen molar-refractivity contribution in [1.82, 2.24) is 24.8 Å². The molecule has 3 heterocycles. The molecule has 0 atom stereocenters. The molecule has 8 heteroatoms. The molecule has 3 aromatic rings. The number of hydrogen-bond acceptors (Lipinski definition) is 7. The minimum atomic E-state index is 0.0482. The molecule has 8 nitrogen and oxygen atoms in total. The Bertz CT molecular complexity index is 1200. The van der Waals surface area contributed by atoms with Crippen LogP contribution in [0.25, 0.3) is 11.3 Å². The zero-order valence-corrected chi connectivity index (χ0v) is 18.9. The number of nitrogen functional groups attached to an aromatic ring is 1. The van der Waals surface area contributed by atoms with Crippen molar-refractivity contribution in [2.24, 2.45) is 5.73 Å². The second kappa shape index (κ2) is 9.77. The number of pyridine rings is 1. The summed E-state index contributed by atoms with van der Waals surface area (Å²) in [5.74, 6) is 7.33. The summed E-state index contributed by atoms with van der Waals surface area (Å²) >= 11 is 0. The highest BCUT2D eigenvalue weighted by atomic mass is 16.2. The molecule has 0 bridgehead atoms. The lowest BCUT2D eigenvalue weighted by Gasteiger charge is -2.32. The number of nitrogens with zero attached hydrogens (tertiary/aromatic N) is 5. The minimum Gasteiger partial charge on any atom is -0.384 e. The van der Waals surface area contributed by atoms with Crippen molar-refractivity contribution in [3.05, 3.63) is 70.8 Å². The zero-order valence-electron chi connectivity index (χ0n) is 18.9. The lowest BCUT2D eigenvalue weighted by Crippen LogP contribution is -2.47. The molecule has 0 unspecified atom stereocenters. The Labute approximate surface area is 193 Å². The highest BCUT2D eigenvalue weighted by molar-refractivity contribution is 5.94. The highest BCUT2D eigenvalue weighted by Crippen LogP contribution is 2.24. The van der Waals surface area contributed by atoms with Crippen molar-refractivity contribution < 1.29 is 4.79 Å². The fourth-order valence-electron chi connectivity index (χ4n) is 3.66. The van der Waals surface area contributed by atoms with E-state index in [0.29, 0.717) is 28.5 Å². The van der Waals surface area contributed by atoms with Crippen LogP contribution in [0.15, 0.2) is 42.6 Å². The van der Waals surface area contributed by atoms with Gasteiger partial charge in [0.05, 0.1) is 23.5 Å². The highest BCUT2D eigenvalue weighted by Gasteiger charge is 2.20. The van der Waals surface area contributed by atoms with Crippen LogP contribution in [-0.2, 0) is 6.54 Å². The first kappa shape index (κ1) is 22.4. The number of carbonyl (C=O) groups is 1. The van der Waals surface area contributed by atoms with E-state index in [-0.39, 0.29) is 12.5 Å². The van der Waals surface area contributed by atoms with Crippen molar-refractivity contribution in [1.29, 1.82) is 0 Å². The first-order chi connectivity index (χ1) is 15.9. The van der Waals surface area contributed by atoms with E-state index in [9.17, 15) is 4.79 Å². The number of benzene rings is 1. The molecule has 0 saturated carbocycles. The third-order valence-corrected chi connectivity index (χ3v) is 5.63. The fourth-order valence-corrected chi connectivity index (χ4v) is 3.66. The monoisotopic (exact) mass is 441 g/mol. The van der Waals surface area contributed by atoms with E-state index in [0.717, 1.165) is 43.0 Å². The van der Waals surface area contributed by atoms with E-state index in [1.807, 2.05) is 42.2 Å². The van der Waals surface area contributed by atoms with Crippen LogP contribution in [0.3, 0.4) is 0 Å². The van der Waals surface area contributed by atoms with Gasteiger partial charge in [-0.15, -0.1) is 0 Å². The normalized spacial score (nSPS) is 14.0. The molecule has 4 rings (SSSR count). The van der Waals surface area contributed by atoms with E-state index in [4.69, 9.17) is 11.5 Å². The Morgan fingerprint density at radius 1 is 1.03 bits per heavy atom. The molecular formula is C25H27N7O. The maximum atomic E-state index is 12.9. The number of amides is 1. The van der Waals surface area contributed by atoms with Crippen LogP contribution in [0.2, 0.25) is 0 Å². The number of rotatable bonds is 3. The molecule has 1 amide bonds. The second-order valence-electron chi connectivity index (χ2n) is 8.05. The Morgan fingerprint density at radius 3 is 2.39 bits per heavy atom. The van der Waals surface area contributed by atoms with E-state index in [1.54, 1.807) is 12.3 Å². The summed E-state index contributed by atoms with van der Waals surface area (Å²) in [6, 6.07) is 11.0. The standard InChI is InChI=1S/C25H27N7O/c1-17-21(9-3-18-4-10-22(27)28-16-18)24(30-23(15-26)29-17)19-5-7-20(8-6-19)25(33)32-13-11-31(2)12-14-32/h4-8,10,16H,11-15,26H2,1-2H3,(H2,27,28). The number of anilines is 1. The van der Waals surface area contributed by atoms with Gasteiger partial charge in [-0.05, 0) is 38.2 Å². The predicted octanol–water partition coefficient (Wildman–Crippen LogP) is 1.68. The van der Waals surface area contributed by atoms with Gasteiger partial charge in [0.25, 0.3) is 5.91 Å². The van der Waals surface area contributed by atoms with Gasteiger partial charge in [-0.25, -0.2) is 15.0 Å². The van der Waals surface area contributed by atoms with E-state index < -0.39 is 0 Å². The summed E-state index contributed by atoms with van der Waals surface area (Å²) in [7, 11) is 2.07. The van der Waals surface area contributed by atoms with Gasteiger partial charge in [-0.3, -0.25) is 4.79 Å². The number of carbonyl (C=O) groups excluding carboxylic acids is 1. The van der Waals surface area contributed by atoms with E-state index in [2.05, 4.69) is 38.7 Å². The quantitative estimate of drug-likeness (QED) is 0.594. The number of likely N-dealkylation sites (N-methyl/N-ethyl adjacent to an activating group) is 1. The first-order valence-corrected chi connectivity index (χ1v) is 10.8. The summed E-state index contributed by atoms with van der Waals surface area (Å²) in [6.07, 6.45) is 1.63. The van der Waals surface area contributed by atoms with Crippen LogP contribution in [0.5, 0.6) is 0 Å². The molecule has 33 heavy (non-hydrogen) atoms. The Kier molecular flexibility index (Phi) is 6.63. The van der Waals surface area contributed by atoms with E-state index in [1.165, 1.54) is 0 Å². The average Bonchev–Trinajstić information content (AvgIpc) is 2.84. The lowest BCUT2D eigenvalue weighted by molar-refractivity contribution is 0.0664. The predicted molar refractivity (Wildman–Crippen MR) is 128 cm³/mol. The molecular weight excluding hydrogens is 414 g/mol. The molecule has 2 aromatic heterocycles. The third-order valence-electron chi connectivity index (χ3n) is 5.63. The van der Waals surface area contributed by atoms with Gasteiger partial charge in [0.1, 0.15) is 11.6 Å². The van der Waals surface area contributed by atoms with Crippen LogP contribution in [0, 0.1) is 18.8 Å². The summed E-state index contributed by atoms with van der Waals surface area (Å²) in [5, 5.41) is 0. The van der Waals surface area contributed by atoms with Crippen molar-refractivity contribution >= 4 is 11.7 Å². The third kappa shape index (κ3) is 5.17. The molecule has 1 aromatic carbocycles. The van der Waals surface area contributed by atoms with Crippen LogP contribution in [0.1, 0.15) is 33.0 Å². The van der Waals surface area contributed by atoms with Gasteiger partial charge in [0, 0.05) is 49.1 Å². The molecule has 0 aliphatic carbocycles. The van der Waals surface area contributed by atoms with Crippen molar-refractivity contribution in [2.75, 3.05) is 39.0 Å². The summed E-state index contributed by atoms with van der Waals surface area (Å²) in [4.78, 5) is 30.2. The molecule has 1 fully saturated rings. The molecule has 4 N–H and O–H groups in total. The van der Waals surface area contributed by atoms with Crippen LogP contribution in [0.4, 0.5) is 5.82 Å². The van der Waals surface area contributed by atoms with Gasteiger partial charge >= 0.3 is 0 Å². The number of nitrogens with two attached hydrogens (primary N) is 2. The van der Waals surface area contributed by atoms with Crippen LogP contribution >= 0.6 is 0 Å². The maximum absolute atomic E-state index is 12.9. The van der Waals surface area contributed by atoms with Gasteiger partial charge in [-0.2, -0.15) is 0 Å². The average molecular weight is 442 g/mol. The van der Waals surface area contributed by atoms with Crippen LogP contribution in [-0.4, -0.2) is 63.9 Å². The van der Waals surface area contributed by atoms with Crippen molar-refractivity contribution in [3.8, 4) is 23.1 Å². The zero-order chi connectivity index (χ0) is 23.4. The van der Waals surface area contributed by atoms with Crippen molar-refractivity contribution in [3.63, 3.8) is 0 Å². The van der Waals surface area contributed by atoms with Gasteiger partial charge in [-0.1, -0.05) is 24.0 Å². The Balaban J connectivity index is 1.66. The number of piperazine rings is 1. The fraction of sp³-hybridized carbons (Fsp3) is 0.280. The van der Waals surface area contributed by atoms with E-state index >= 15 is 0 Å². The first-order valence-electron chi connectivity index (χ1n) is 10.8.